The summed E-state index contributed by atoms with van der Waals surface area (Å²) in [7, 11) is -3.73. The molecule has 0 saturated carbocycles. The molecule has 0 saturated heterocycles. The zero-order valence-electron chi connectivity index (χ0n) is 11.3. The van der Waals surface area contributed by atoms with Gasteiger partial charge in [-0.15, -0.1) is 0 Å². The van der Waals surface area contributed by atoms with Crippen LogP contribution in [0.1, 0.15) is 16.7 Å². The molecule has 2 aromatic rings. The van der Waals surface area contributed by atoms with Gasteiger partial charge in [0, 0.05) is 0 Å². The van der Waals surface area contributed by atoms with Crippen molar-refractivity contribution in [1.82, 2.24) is 0 Å². The lowest BCUT2D eigenvalue weighted by Gasteiger charge is -2.09. The van der Waals surface area contributed by atoms with Crippen LogP contribution in [0.3, 0.4) is 0 Å². The van der Waals surface area contributed by atoms with Gasteiger partial charge in [-0.3, -0.25) is 0 Å². The van der Waals surface area contributed by atoms with Crippen LogP contribution in [-0.2, 0) is 15.9 Å². The molecule has 5 heteroatoms. The van der Waals surface area contributed by atoms with Crippen molar-refractivity contribution in [2.75, 3.05) is 0 Å². The van der Waals surface area contributed by atoms with E-state index in [1.807, 2.05) is 32.0 Å². The molecule has 0 aliphatic rings. The molecule has 0 radical (unpaired) electrons. The number of rotatable bonds is 4. The maximum Gasteiger partial charge on any atom is 0.313 e. The third-order valence-electron chi connectivity index (χ3n) is 2.73. The van der Waals surface area contributed by atoms with Crippen molar-refractivity contribution in [3.05, 3.63) is 64.2 Å². The molecule has 20 heavy (non-hydrogen) atoms. The first-order chi connectivity index (χ1) is 9.35. The summed E-state index contributed by atoms with van der Waals surface area (Å²) in [6.45, 7) is 3.75. The van der Waals surface area contributed by atoms with E-state index in [1.54, 1.807) is 24.3 Å². The fourth-order valence-electron chi connectivity index (χ4n) is 1.85. The third-order valence-corrected chi connectivity index (χ3v) is 4.16. The summed E-state index contributed by atoms with van der Waals surface area (Å²) in [5.74, 6) is -0.0156. The molecular formula is C15H15ClO3S. The first-order valence-corrected chi connectivity index (χ1v) is 8.05. The highest BCUT2D eigenvalue weighted by Gasteiger charge is 2.16. The lowest BCUT2D eigenvalue weighted by molar-refractivity contribution is 0.485. The largest absolute Gasteiger partial charge is 0.381 e. The van der Waals surface area contributed by atoms with Crippen LogP contribution in [-0.4, -0.2) is 8.42 Å². The topological polar surface area (TPSA) is 43.4 Å². The van der Waals surface area contributed by atoms with Crippen LogP contribution in [0.4, 0.5) is 0 Å². The van der Waals surface area contributed by atoms with Gasteiger partial charge in [-0.1, -0.05) is 47.5 Å². The minimum absolute atomic E-state index is 0.166. The van der Waals surface area contributed by atoms with Crippen molar-refractivity contribution in [1.29, 1.82) is 0 Å². The minimum atomic E-state index is -3.73. The maximum atomic E-state index is 12.1. The number of halogens is 1. The van der Waals surface area contributed by atoms with Gasteiger partial charge in [0.15, 0.2) is 5.75 Å². The van der Waals surface area contributed by atoms with Crippen molar-refractivity contribution < 1.29 is 12.6 Å². The van der Waals surface area contributed by atoms with E-state index in [0.29, 0.717) is 5.56 Å². The summed E-state index contributed by atoms with van der Waals surface area (Å²) in [5.41, 5.74) is 2.58. The minimum Gasteiger partial charge on any atom is -0.381 e. The SMILES string of the molecule is Cc1cccc(CS(=O)(=O)Oc2cc(C)ccc2Cl)c1. The molecule has 0 spiro atoms. The standard InChI is InChI=1S/C15H15ClO3S/c1-11-4-3-5-13(8-11)10-20(17,18)19-15-9-12(2)6-7-14(15)16/h3-9H,10H2,1-2H3. The van der Waals surface area contributed by atoms with Gasteiger partial charge in [-0.05, 0) is 37.1 Å². The van der Waals surface area contributed by atoms with Crippen LogP contribution in [0.2, 0.25) is 5.02 Å². The Morgan fingerprint density at radius 3 is 2.45 bits per heavy atom. The first kappa shape index (κ1) is 14.9. The molecule has 0 fully saturated rings. The van der Waals surface area contributed by atoms with Gasteiger partial charge < -0.3 is 4.18 Å². The first-order valence-electron chi connectivity index (χ1n) is 6.09. The van der Waals surface area contributed by atoms with E-state index >= 15 is 0 Å². The number of hydrogen-bond donors (Lipinski definition) is 0. The number of benzene rings is 2. The molecule has 2 aromatic carbocycles. The molecule has 0 atom stereocenters. The van der Waals surface area contributed by atoms with Crippen LogP contribution in [0.15, 0.2) is 42.5 Å². The van der Waals surface area contributed by atoms with Gasteiger partial charge in [0.05, 0.1) is 5.02 Å². The molecule has 0 amide bonds. The fourth-order valence-corrected chi connectivity index (χ4v) is 3.11. The number of aryl methyl sites for hydroxylation is 2. The smallest absolute Gasteiger partial charge is 0.313 e. The predicted molar refractivity (Wildman–Crippen MR) is 80.6 cm³/mol. The lowest BCUT2D eigenvalue weighted by Crippen LogP contribution is -2.12. The summed E-state index contributed by atoms with van der Waals surface area (Å²) >= 11 is 5.94. The van der Waals surface area contributed by atoms with Crippen molar-refractivity contribution in [3.63, 3.8) is 0 Å². The Hall–Kier alpha value is -1.52. The lowest BCUT2D eigenvalue weighted by atomic mass is 10.2. The molecule has 3 nitrogen and oxygen atoms in total. The van der Waals surface area contributed by atoms with Crippen molar-refractivity contribution in [2.45, 2.75) is 19.6 Å². The van der Waals surface area contributed by atoms with Gasteiger partial charge in [-0.25, -0.2) is 0 Å². The summed E-state index contributed by atoms with van der Waals surface area (Å²) in [6, 6.07) is 12.3. The second-order valence-electron chi connectivity index (χ2n) is 4.71. The Kier molecular flexibility index (Phi) is 4.35. The van der Waals surface area contributed by atoms with Crippen LogP contribution in [0, 0.1) is 13.8 Å². The Labute approximate surface area is 124 Å². The van der Waals surface area contributed by atoms with Crippen LogP contribution >= 0.6 is 11.6 Å². The zero-order valence-corrected chi connectivity index (χ0v) is 12.8. The molecule has 0 N–H and O–H groups in total. The second-order valence-corrected chi connectivity index (χ2v) is 6.69. The molecule has 0 heterocycles. The second kappa shape index (κ2) is 5.85. The van der Waals surface area contributed by atoms with Crippen molar-refractivity contribution in [2.24, 2.45) is 0 Å². The van der Waals surface area contributed by atoms with Crippen LogP contribution in [0.25, 0.3) is 0 Å². The highest BCUT2D eigenvalue weighted by Crippen LogP contribution is 2.27. The third kappa shape index (κ3) is 3.99. The van der Waals surface area contributed by atoms with Gasteiger partial charge in [0.2, 0.25) is 0 Å². The van der Waals surface area contributed by atoms with E-state index in [9.17, 15) is 8.42 Å². The Balaban J connectivity index is 2.21. The normalized spacial score (nSPS) is 11.3. The average Bonchev–Trinajstić information content (AvgIpc) is 2.33. The van der Waals surface area contributed by atoms with E-state index in [0.717, 1.165) is 11.1 Å². The highest BCUT2D eigenvalue weighted by atomic mass is 35.5. The summed E-state index contributed by atoms with van der Waals surface area (Å²) in [5, 5.41) is 0.281. The van der Waals surface area contributed by atoms with Gasteiger partial charge >= 0.3 is 10.1 Å². The van der Waals surface area contributed by atoms with Gasteiger partial charge in [-0.2, -0.15) is 8.42 Å². The summed E-state index contributed by atoms with van der Waals surface area (Å²) < 4.78 is 29.2. The maximum absolute atomic E-state index is 12.1. The van der Waals surface area contributed by atoms with Gasteiger partial charge in [0.25, 0.3) is 0 Å². The fraction of sp³-hybridized carbons (Fsp3) is 0.200. The molecule has 0 aliphatic carbocycles. The average molecular weight is 311 g/mol. The quantitative estimate of drug-likeness (QED) is 0.805. The molecule has 0 aromatic heterocycles. The van der Waals surface area contributed by atoms with Crippen molar-refractivity contribution in [3.8, 4) is 5.75 Å². The van der Waals surface area contributed by atoms with E-state index in [1.165, 1.54) is 0 Å². The highest BCUT2D eigenvalue weighted by molar-refractivity contribution is 7.86. The number of hydrogen-bond acceptors (Lipinski definition) is 3. The van der Waals surface area contributed by atoms with E-state index < -0.39 is 10.1 Å². The molecule has 0 aliphatic heterocycles. The predicted octanol–water partition coefficient (Wildman–Crippen LogP) is 3.87. The summed E-state index contributed by atoms with van der Waals surface area (Å²) in [6.07, 6.45) is 0. The molecule has 2 rings (SSSR count). The Morgan fingerprint density at radius 2 is 1.75 bits per heavy atom. The van der Waals surface area contributed by atoms with Gasteiger partial charge in [0.1, 0.15) is 5.75 Å². The molecule has 106 valence electrons. The van der Waals surface area contributed by atoms with E-state index in [4.69, 9.17) is 15.8 Å². The monoisotopic (exact) mass is 310 g/mol. The molecule has 0 unspecified atom stereocenters. The molecular weight excluding hydrogens is 296 g/mol. The zero-order chi connectivity index (χ0) is 14.8. The van der Waals surface area contributed by atoms with E-state index in [2.05, 4.69) is 0 Å². The molecule has 0 bridgehead atoms. The van der Waals surface area contributed by atoms with Crippen molar-refractivity contribution >= 4 is 21.7 Å². The van der Waals surface area contributed by atoms with Crippen LogP contribution in [0.5, 0.6) is 5.75 Å². The Morgan fingerprint density at radius 1 is 1.05 bits per heavy atom. The van der Waals surface area contributed by atoms with E-state index in [-0.39, 0.29) is 16.5 Å². The van der Waals surface area contributed by atoms with Crippen LogP contribution < -0.4 is 4.18 Å². The summed E-state index contributed by atoms with van der Waals surface area (Å²) in [4.78, 5) is 0. The Bertz CT molecular complexity index is 724.